The van der Waals surface area contributed by atoms with Crippen molar-refractivity contribution in [2.24, 2.45) is 7.05 Å². The fourth-order valence-electron chi connectivity index (χ4n) is 1.45. The Hall–Kier alpha value is -2.10. The first-order valence-electron chi connectivity index (χ1n) is 6.51. The summed E-state index contributed by atoms with van der Waals surface area (Å²) in [5.74, 6) is -0.957. The summed E-state index contributed by atoms with van der Waals surface area (Å²) in [4.78, 5) is 11.0. The summed E-state index contributed by atoms with van der Waals surface area (Å²) in [5, 5.41) is 13.1. The number of aromatic nitrogens is 2. The Morgan fingerprint density at radius 2 is 1.63 bits per heavy atom. The van der Waals surface area contributed by atoms with Gasteiger partial charge in [-0.25, -0.2) is 4.79 Å². The van der Waals surface area contributed by atoms with Crippen molar-refractivity contribution in [3.05, 3.63) is 42.1 Å². The lowest BCUT2D eigenvalue weighted by atomic mass is 10.1. The molecule has 0 bridgehead atoms. The third kappa shape index (κ3) is 4.58. The standard InChI is InChI=1S/C11H10N2O2.2C2H6/c1-13-7-9(11(14)15)10(12-13)8-5-3-2-4-6-8;2*1-2/h2-7H,1H3,(H,14,15);2*1-2H3. The second-order valence-electron chi connectivity index (χ2n) is 3.24. The van der Waals surface area contributed by atoms with Crippen molar-refractivity contribution in [3.63, 3.8) is 0 Å². The van der Waals surface area contributed by atoms with Crippen molar-refractivity contribution in [2.45, 2.75) is 27.7 Å². The molecule has 0 aliphatic rings. The molecule has 1 heterocycles. The Kier molecular flexibility index (Phi) is 7.93. The number of aromatic carboxylic acids is 1. The summed E-state index contributed by atoms with van der Waals surface area (Å²) in [5.41, 5.74) is 1.55. The first kappa shape index (κ1) is 16.9. The first-order valence-corrected chi connectivity index (χ1v) is 6.51. The molecular weight excluding hydrogens is 240 g/mol. The minimum atomic E-state index is -0.957. The van der Waals surface area contributed by atoms with E-state index in [1.165, 1.54) is 10.9 Å². The fraction of sp³-hybridized carbons (Fsp3) is 0.333. The van der Waals surface area contributed by atoms with Gasteiger partial charge in [-0.15, -0.1) is 0 Å². The summed E-state index contributed by atoms with van der Waals surface area (Å²) in [7, 11) is 1.71. The van der Waals surface area contributed by atoms with Gasteiger partial charge in [-0.1, -0.05) is 58.0 Å². The molecule has 0 aliphatic heterocycles. The maximum atomic E-state index is 11.0. The molecule has 0 spiro atoms. The molecule has 0 aliphatic carbocycles. The van der Waals surface area contributed by atoms with Crippen LogP contribution in [0.1, 0.15) is 38.1 Å². The van der Waals surface area contributed by atoms with E-state index in [9.17, 15) is 4.79 Å². The number of carboxylic acids is 1. The highest BCUT2D eigenvalue weighted by atomic mass is 16.4. The van der Waals surface area contributed by atoms with E-state index in [1.54, 1.807) is 7.05 Å². The van der Waals surface area contributed by atoms with Crippen LogP contribution in [0.15, 0.2) is 36.5 Å². The monoisotopic (exact) mass is 262 g/mol. The van der Waals surface area contributed by atoms with Gasteiger partial charge < -0.3 is 5.11 Å². The highest BCUT2D eigenvalue weighted by Crippen LogP contribution is 2.21. The highest BCUT2D eigenvalue weighted by molar-refractivity contribution is 5.94. The molecular formula is C15H22N2O2. The molecule has 1 aromatic heterocycles. The molecule has 0 saturated heterocycles. The van der Waals surface area contributed by atoms with Gasteiger partial charge in [0.05, 0.1) is 0 Å². The smallest absolute Gasteiger partial charge is 0.339 e. The number of nitrogens with zero attached hydrogens (tertiary/aromatic N) is 2. The third-order valence-corrected chi connectivity index (χ3v) is 2.11. The average Bonchev–Trinajstić information content (AvgIpc) is 2.87. The summed E-state index contributed by atoms with van der Waals surface area (Å²) in [6.07, 6.45) is 1.50. The second kappa shape index (κ2) is 8.91. The molecule has 1 N–H and O–H groups in total. The van der Waals surface area contributed by atoms with Gasteiger partial charge in [0.2, 0.25) is 0 Å². The third-order valence-electron chi connectivity index (χ3n) is 2.11. The minimum Gasteiger partial charge on any atom is -0.478 e. The van der Waals surface area contributed by atoms with Crippen LogP contribution in [0.2, 0.25) is 0 Å². The van der Waals surface area contributed by atoms with E-state index >= 15 is 0 Å². The summed E-state index contributed by atoms with van der Waals surface area (Å²) < 4.78 is 1.51. The minimum absolute atomic E-state index is 0.226. The highest BCUT2D eigenvalue weighted by Gasteiger charge is 2.15. The number of rotatable bonds is 2. The maximum Gasteiger partial charge on any atom is 0.339 e. The van der Waals surface area contributed by atoms with E-state index in [2.05, 4.69) is 5.10 Å². The molecule has 0 unspecified atom stereocenters. The number of aryl methyl sites for hydroxylation is 1. The predicted octanol–water partition coefficient (Wildman–Crippen LogP) is 3.84. The van der Waals surface area contributed by atoms with Gasteiger partial charge >= 0.3 is 5.97 Å². The predicted molar refractivity (Wildman–Crippen MR) is 78.3 cm³/mol. The molecule has 0 fully saturated rings. The summed E-state index contributed by atoms with van der Waals surface area (Å²) >= 11 is 0. The van der Waals surface area contributed by atoms with Crippen molar-refractivity contribution < 1.29 is 9.90 Å². The van der Waals surface area contributed by atoms with Crippen LogP contribution in [0.5, 0.6) is 0 Å². The van der Waals surface area contributed by atoms with Gasteiger partial charge in [0.25, 0.3) is 0 Å². The first-order chi connectivity index (χ1) is 9.18. The van der Waals surface area contributed by atoms with E-state index in [0.29, 0.717) is 5.69 Å². The van der Waals surface area contributed by atoms with Crippen LogP contribution < -0.4 is 0 Å². The molecule has 19 heavy (non-hydrogen) atoms. The lowest BCUT2D eigenvalue weighted by Gasteiger charge is -1.97. The Morgan fingerprint density at radius 3 is 2.11 bits per heavy atom. The number of benzene rings is 1. The number of carbonyl (C=O) groups is 1. The van der Waals surface area contributed by atoms with Gasteiger partial charge in [-0.2, -0.15) is 5.10 Å². The van der Waals surface area contributed by atoms with Crippen LogP contribution in [-0.2, 0) is 7.05 Å². The molecule has 1 aromatic carbocycles. The molecule has 4 heteroatoms. The van der Waals surface area contributed by atoms with Gasteiger partial charge in [0.1, 0.15) is 11.3 Å². The Balaban J connectivity index is 0.000000741. The zero-order valence-electron chi connectivity index (χ0n) is 12.2. The number of hydrogen-bond donors (Lipinski definition) is 1. The van der Waals surface area contributed by atoms with Crippen molar-refractivity contribution in [1.29, 1.82) is 0 Å². The van der Waals surface area contributed by atoms with Crippen molar-refractivity contribution in [3.8, 4) is 11.3 Å². The van der Waals surface area contributed by atoms with E-state index in [4.69, 9.17) is 5.11 Å². The van der Waals surface area contributed by atoms with Crippen molar-refractivity contribution in [1.82, 2.24) is 9.78 Å². The molecule has 2 rings (SSSR count). The second-order valence-corrected chi connectivity index (χ2v) is 3.24. The van der Waals surface area contributed by atoms with Gasteiger partial charge in [-0.05, 0) is 0 Å². The van der Waals surface area contributed by atoms with E-state index in [0.717, 1.165) is 5.56 Å². The fourth-order valence-corrected chi connectivity index (χ4v) is 1.45. The number of carboxylic acid groups (broad SMARTS) is 1. The molecule has 104 valence electrons. The molecule has 0 radical (unpaired) electrons. The molecule has 4 nitrogen and oxygen atoms in total. The Morgan fingerprint density at radius 1 is 1.11 bits per heavy atom. The van der Waals surface area contributed by atoms with E-state index in [-0.39, 0.29) is 5.56 Å². The average molecular weight is 262 g/mol. The van der Waals surface area contributed by atoms with Crippen LogP contribution in [-0.4, -0.2) is 20.9 Å². The van der Waals surface area contributed by atoms with Gasteiger partial charge in [-0.3, -0.25) is 4.68 Å². The Labute approximate surface area is 114 Å². The topological polar surface area (TPSA) is 55.1 Å². The van der Waals surface area contributed by atoms with Crippen LogP contribution in [0, 0.1) is 0 Å². The zero-order chi connectivity index (χ0) is 14.8. The summed E-state index contributed by atoms with van der Waals surface area (Å²) in [6.45, 7) is 8.00. The van der Waals surface area contributed by atoms with Crippen LogP contribution in [0.25, 0.3) is 11.3 Å². The van der Waals surface area contributed by atoms with Gasteiger partial charge in [0.15, 0.2) is 0 Å². The van der Waals surface area contributed by atoms with Crippen LogP contribution in [0.3, 0.4) is 0 Å². The van der Waals surface area contributed by atoms with Crippen molar-refractivity contribution >= 4 is 5.97 Å². The molecule has 0 saturated carbocycles. The maximum absolute atomic E-state index is 11.0. The van der Waals surface area contributed by atoms with E-state index in [1.807, 2.05) is 58.0 Å². The van der Waals surface area contributed by atoms with Crippen LogP contribution in [0.4, 0.5) is 0 Å². The quantitative estimate of drug-likeness (QED) is 0.894. The summed E-state index contributed by atoms with van der Waals surface area (Å²) in [6, 6.07) is 9.28. The van der Waals surface area contributed by atoms with Crippen LogP contribution >= 0.6 is 0 Å². The molecule has 0 amide bonds. The van der Waals surface area contributed by atoms with E-state index < -0.39 is 5.97 Å². The van der Waals surface area contributed by atoms with Gasteiger partial charge in [0, 0.05) is 18.8 Å². The Bertz CT molecular complexity index is 490. The van der Waals surface area contributed by atoms with Crippen molar-refractivity contribution in [2.75, 3.05) is 0 Å². The zero-order valence-corrected chi connectivity index (χ0v) is 12.2. The SMILES string of the molecule is CC.CC.Cn1cc(C(=O)O)c(-c2ccccc2)n1. The molecule has 0 atom stereocenters. The normalized spacial score (nSPS) is 8.68. The molecule has 2 aromatic rings. The largest absolute Gasteiger partial charge is 0.478 e. The lowest BCUT2D eigenvalue weighted by Crippen LogP contribution is -1.96. The lowest BCUT2D eigenvalue weighted by molar-refractivity contribution is 0.0697. The number of hydrogen-bond acceptors (Lipinski definition) is 2.